The summed E-state index contributed by atoms with van der Waals surface area (Å²) in [5.74, 6) is 1.40. The number of hydrogen-bond donors (Lipinski definition) is 1. The van der Waals surface area contributed by atoms with Gasteiger partial charge in [-0.1, -0.05) is 6.07 Å². The molecule has 0 spiro atoms. The first kappa shape index (κ1) is 12.7. The summed E-state index contributed by atoms with van der Waals surface area (Å²) in [6.07, 6.45) is 0. The van der Waals surface area contributed by atoms with E-state index in [1.54, 1.807) is 7.11 Å². The van der Waals surface area contributed by atoms with Gasteiger partial charge in [-0.2, -0.15) is 4.99 Å². The normalized spacial score (nSPS) is 14.2. The number of rotatable bonds is 1. The lowest BCUT2D eigenvalue weighted by Crippen LogP contribution is -2.24. The van der Waals surface area contributed by atoms with Crippen molar-refractivity contribution < 1.29 is 9.53 Å². The van der Waals surface area contributed by atoms with Crippen LogP contribution in [0.2, 0.25) is 0 Å². The average molecular weight is 272 g/mol. The molecule has 0 fully saturated rings. The number of aryl methyl sites for hydroxylation is 1. The molecule has 104 valence electrons. The van der Waals surface area contributed by atoms with Crippen molar-refractivity contribution in [1.82, 2.24) is 9.55 Å². The number of fused-ring (bicyclic) bond motifs is 3. The van der Waals surface area contributed by atoms with E-state index < -0.39 is 0 Å². The van der Waals surface area contributed by atoms with Crippen LogP contribution >= 0.6 is 0 Å². The van der Waals surface area contributed by atoms with Crippen LogP contribution in [0.15, 0.2) is 17.1 Å². The van der Waals surface area contributed by atoms with Crippen molar-refractivity contribution in [1.29, 1.82) is 0 Å². The third kappa shape index (κ3) is 1.84. The Kier molecular flexibility index (Phi) is 2.93. The number of carbonyl (C=O) groups excluding carboxylic acids is 1. The van der Waals surface area contributed by atoms with Crippen LogP contribution in [0.25, 0.3) is 10.9 Å². The highest BCUT2D eigenvalue weighted by Gasteiger charge is 2.18. The lowest BCUT2D eigenvalue weighted by Gasteiger charge is -2.12. The van der Waals surface area contributed by atoms with Crippen LogP contribution in [0.5, 0.6) is 5.75 Å². The number of nitrogens with one attached hydrogen (secondary N) is 1. The maximum Gasteiger partial charge on any atom is 0.245 e. The number of hydrogen-bond acceptors (Lipinski definition) is 4. The average Bonchev–Trinajstić information content (AvgIpc) is 2.87. The highest BCUT2D eigenvalue weighted by molar-refractivity contribution is 5.94. The van der Waals surface area contributed by atoms with Crippen LogP contribution in [0.3, 0.4) is 0 Å². The number of ether oxygens (including phenoxy) is 1. The molecule has 1 amide bonds. The van der Waals surface area contributed by atoms with E-state index in [1.807, 2.05) is 23.6 Å². The highest BCUT2D eigenvalue weighted by Crippen LogP contribution is 2.31. The number of amides is 1. The summed E-state index contributed by atoms with van der Waals surface area (Å²) in [4.78, 5) is 19.8. The van der Waals surface area contributed by atoms with E-state index in [0.29, 0.717) is 5.62 Å². The molecular weight excluding hydrogens is 256 g/mol. The molecule has 1 N–H and O–H groups in total. The Hall–Kier alpha value is -2.37. The summed E-state index contributed by atoms with van der Waals surface area (Å²) in [5, 5.41) is 4.30. The van der Waals surface area contributed by atoms with E-state index in [1.165, 1.54) is 6.92 Å². The molecule has 0 saturated carbocycles. The molecule has 2 aromatic rings. The Bertz CT molecular complexity index is 777. The molecule has 6 heteroatoms. The molecule has 0 bridgehead atoms. The number of nitrogens with zero attached hydrogens (tertiary/aromatic N) is 3. The number of methoxy groups -OCH3 is 1. The van der Waals surface area contributed by atoms with Crippen LogP contribution in [-0.4, -0.2) is 29.1 Å². The van der Waals surface area contributed by atoms with Crippen molar-refractivity contribution in [3.63, 3.8) is 0 Å². The lowest BCUT2D eigenvalue weighted by molar-refractivity contribution is -0.116. The van der Waals surface area contributed by atoms with Gasteiger partial charge in [0.05, 0.1) is 7.11 Å². The Morgan fingerprint density at radius 2 is 2.30 bits per heavy atom. The van der Waals surface area contributed by atoms with E-state index in [9.17, 15) is 4.79 Å². The number of anilines is 1. The third-order valence-electron chi connectivity index (χ3n) is 3.40. The van der Waals surface area contributed by atoms with Gasteiger partial charge >= 0.3 is 0 Å². The molecule has 0 radical (unpaired) electrons. The molecule has 2 heterocycles. The summed E-state index contributed by atoms with van der Waals surface area (Å²) < 4.78 is 7.38. The summed E-state index contributed by atoms with van der Waals surface area (Å²) in [6.45, 7) is 4.95. The van der Waals surface area contributed by atoms with Crippen LogP contribution in [0.1, 0.15) is 12.5 Å². The Morgan fingerprint density at radius 3 is 3.00 bits per heavy atom. The molecule has 6 nitrogen and oxygen atoms in total. The summed E-state index contributed by atoms with van der Waals surface area (Å²) in [6, 6.07) is 4.02. The van der Waals surface area contributed by atoms with Gasteiger partial charge in [-0.25, -0.2) is 4.98 Å². The molecule has 1 aliphatic heterocycles. The lowest BCUT2D eigenvalue weighted by atomic mass is 10.1. The van der Waals surface area contributed by atoms with Gasteiger partial charge in [0.1, 0.15) is 17.1 Å². The predicted octanol–water partition coefficient (Wildman–Crippen LogP) is 1.23. The smallest absolute Gasteiger partial charge is 0.245 e. The van der Waals surface area contributed by atoms with Gasteiger partial charge < -0.3 is 10.1 Å². The molecule has 20 heavy (non-hydrogen) atoms. The van der Waals surface area contributed by atoms with Crippen molar-refractivity contribution in [2.24, 2.45) is 4.99 Å². The van der Waals surface area contributed by atoms with Crippen molar-refractivity contribution in [3.05, 3.63) is 23.3 Å². The SMILES string of the molecule is COc1c(C)ccc2c3n(c(=NC(C)=O)nc12)CCN3. The van der Waals surface area contributed by atoms with Crippen LogP contribution in [0, 0.1) is 6.92 Å². The van der Waals surface area contributed by atoms with E-state index in [-0.39, 0.29) is 5.91 Å². The minimum atomic E-state index is -0.259. The monoisotopic (exact) mass is 272 g/mol. The van der Waals surface area contributed by atoms with Crippen molar-refractivity contribution in [3.8, 4) is 5.75 Å². The molecule has 0 aliphatic carbocycles. The maximum atomic E-state index is 11.3. The Morgan fingerprint density at radius 1 is 1.50 bits per heavy atom. The minimum Gasteiger partial charge on any atom is -0.494 e. The molecule has 1 aromatic carbocycles. The maximum absolute atomic E-state index is 11.3. The summed E-state index contributed by atoms with van der Waals surface area (Å²) in [7, 11) is 1.62. The predicted molar refractivity (Wildman–Crippen MR) is 75.8 cm³/mol. The van der Waals surface area contributed by atoms with Gasteiger partial charge in [0.2, 0.25) is 11.5 Å². The quantitative estimate of drug-likeness (QED) is 0.847. The van der Waals surface area contributed by atoms with Gasteiger partial charge in [0.25, 0.3) is 0 Å². The van der Waals surface area contributed by atoms with Crippen molar-refractivity contribution in [2.45, 2.75) is 20.4 Å². The standard InChI is InChI=1S/C14H16N4O2/c1-8-4-5-10-11(12(8)20-3)17-14(16-9(2)19)18-7-6-15-13(10)18/h4-5,15H,6-7H2,1-3H3. The third-order valence-corrected chi connectivity index (χ3v) is 3.40. The second-order valence-corrected chi connectivity index (χ2v) is 4.78. The summed E-state index contributed by atoms with van der Waals surface area (Å²) >= 11 is 0. The van der Waals surface area contributed by atoms with Gasteiger partial charge in [0.15, 0.2) is 0 Å². The number of aromatic nitrogens is 2. The van der Waals surface area contributed by atoms with E-state index >= 15 is 0 Å². The molecule has 0 atom stereocenters. The molecular formula is C14H16N4O2. The molecule has 0 unspecified atom stereocenters. The zero-order valence-corrected chi connectivity index (χ0v) is 11.7. The van der Waals surface area contributed by atoms with Gasteiger partial charge in [0, 0.05) is 25.4 Å². The highest BCUT2D eigenvalue weighted by atomic mass is 16.5. The molecule has 0 saturated heterocycles. The molecule has 1 aliphatic rings. The van der Waals surface area contributed by atoms with Crippen LogP contribution in [0.4, 0.5) is 5.82 Å². The van der Waals surface area contributed by atoms with Crippen molar-refractivity contribution >= 4 is 22.6 Å². The number of benzene rings is 1. The first-order valence-corrected chi connectivity index (χ1v) is 6.49. The Balaban J connectivity index is 2.46. The van der Waals surface area contributed by atoms with Crippen molar-refractivity contribution in [2.75, 3.05) is 19.0 Å². The fourth-order valence-electron chi connectivity index (χ4n) is 2.55. The second kappa shape index (κ2) is 4.63. The van der Waals surface area contributed by atoms with Gasteiger partial charge in [-0.3, -0.25) is 9.36 Å². The Labute approximate surface area is 116 Å². The largest absolute Gasteiger partial charge is 0.494 e. The van der Waals surface area contributed by atoms with Gasteiger partial charge in [-0.05, 0) is 18.6 Å². The second-order valence-electron chi connectivity index (χ2n) is 4.78. The first-order chi connectivity index (χ1) is 9.61. The van der Waals surface area contributed by atoms with Crippen LogP contribution in [-0.2, 0) is 11.3 Å². The zero-order chi connectivity index (χ0) is 14.3. The topological polar surface area (TPSA) is 68.5 Å². The zero-order valence-electron chi connectivity index (χ0n) is 11.7. The van der Waals surface area contributed by atoms with E-state index in [2.05, 4.69) is 15.3 Å². The molecule has 3 rings (SSSR count). The fraction of sp³-hybridized carbons (Fsp3) is 0.357. The molecule has 1 aromatic heterocycles. The van der Waals surface area contributed by atoms with Gasteiger partial charge in [-0.15, -0.1) is 0 Å². The number of carbonyl (C=O) groups is 1. The first-order valence-electron chi connectivity index (χ1n) is 6.49. The fourth-order valence-corrected chi connectivity index (χ4v) is 2.55. The van der Waals surface area contributed by atoms with E-state index in [0.717, 1.165) is 41.1 Å². The van der Waals surface area contributed by atoms with Crippen LogP contribution < -0.4 is 15.7 Å². The van der Waals surface area contributed by atoms with E-state index in [4.69, 9.17) is 4.74 Å². The summed E-state index contributed by atoms with van der Waals surface area (Å²) in [5.41, 5.74) is 2.16. The minimum absolute atomic E-state index is 0.259.